The first-order valence-electron chi connectivity index (χ1n) is 4.62. The summed E-state index contributed by atoms with van der Waals surface area (Å²) in [5, 5.41) is 1.41. The highest BCUT2D eigenvalue weighted by Crippen LogP contribution is 2.19. The molecule has 0 bridgehead atoms. The molecule has 1 aromatic rings. The van der Waals surface area contributed by atoms with Crippen LogP contribution in [-0.2, 0) is 0 Å². The van der Waals surface area contributed by atoms with E-state index in [-0.39, 0.29) is 0 Å². The fraction of sp³-hybridized carbons (Fsp3) is 0.455. The largest absolute Gasteiger partial charge is 0.0843 e. The highest BCUT2D eigenvalue weighted by Gasteiger charge is 1.92. The van der Waals surface area contributed by atoms with E-state index >= 15 is 0 Å². The van der Waals surface area contributed by atoms with Crippen molar-refractivity contribution in [1.82, 2.24) is 0 Å². The molecule has 0 spiro atoms. The van der Waals surface area contributed by atoms with E-state index in [1.54, 1.807) is 6.07 Å². The van der Waals surface area contributed by atoms with E-state index in [9.17, 15) is 0 Å². The summed E-state index contributed by atoms with van der Waals surface area (Å²) in [6.45, 7) is 9.94. The Hall–Kier alpha value is -0.200. The third-order valence-electron chi connectivity index (χ3n) is 1.13. The third-order valence-corrected chi connectivity index (χ3v) is 1.78. The lowest BCUT2D eigenvalue weighted by Crippen LogP contribution is -1.71. The molecule has 1 rings (SSSR count). The van der Waals surface area contributed by atoms with Gasteiger partial charge in [-0.2, -0.15) is 0 Å². The molecule has 0 aliphatic rings. The van der Waals surface area contributed by atoms with E-state index in [4.69, 9.17) is 23.2 Å². The van der Waals surface area contributed by atoms with Gasteiger partial charge in [-0.05, 0) is 24.6 Å². The molecule has 76 valence electrons. The van der Waals surface area contributed by atoms with Crippen LogP contribution in [0.15, 0.2) is 18.2 Å². The van der Waals surface area contributed by atoms with Gasteiger partial charge in [0, 0.05) is 10.0 Å². The van der Waals surface area contributed by atoms with Crippen molar-refractivity contribution >= 4 is 23.2 Å². The van der Waals surface area contributed by atoms with Crippen LogP contribution in [0.25, 0.3) is 0 Å². The molecule has 0 atom stereocenters. The Kier molecular flexibility index (Phi) is 11.6. The molecule has 0 nitrogen and oxygen atoms in total. The summed E-state index contributed by atoms with van der Waals surface area (Å²) in [4.78, 5) is 0. The molecule has 0 saturated heterocycles. The smallest absolute Gasteiger partial charge is 0.0449 e. The minimum atomic E-state index is 0.686. The first-order chi connectivity index (χ1) is 6.20. The molecule has 0 aromatic heterocycles. The van der Waals surface area contributed by atoms with Crippen LogP contribution < -0.4 is 0 Å². The summed E-state index contributed by atoms with van der Waals surface area (Å²) in [6.07, 6.45) is 0. The van der Waals surface area contributed by atoms with Gasteiger partial charge in [0.15, 0.2) is 0 Å². The maximum atomic E-state index is 5.73. The predicted octanol–water partition coefficient (Wildman–Crippen LogP) is 5.35. The quantitative estimate of drug-likeness (QED) is 0.553. The van der Waals surface area contributed by atoms with Crippen LogP contribution in [0.5, 0.6) is 0 Å². The van der Waals surface area contributed by atoms with Gasteiger partial charge in [0.2, 0.25) is 0 Å². The summed E-state index contributed by atoms with van der Waals surface area (Å²) in [6, 6.07) is 5.45. The minimum Gasteiger partial charge on any atom is -0.0843 e. The van der Waals surface area contributed by atoms with Crippen LogP contribution in [0, 0.1) is 6.92 Å². The molecule has 0 radical (unpaired) electrons. The summed E-state index contributed by atoms with van der Waals surface area (Å²) >= 11 is 11.4. The maximum absolute atomic E-state index is 5.73. The topological polar surface area (TPSA) is 0 Å². The first-order valence-corrected chi connectivity index (χ1v) is 5.37. The van der Waals surface area contributed by atoms with Gasteiger partial charge in [-0.1, -0.05) is 57.0 Å². The molecular formula is C11H18Cl2. The second-order valence-electron chi connectivity index (χ2n) is 1.89. The van der Waals surface area contributed by atoms with Crippen molar-refractivity contribution in [3.05, 3.63) is 33.8 Å². The van der Waals surface area contributed by atoms with Crippen molar-refractivity contribution < 1.29 is 0 Å². The van der Waals surface area contributed by atoms with Crippen LogP contribution in [-0.4, -0.2) is 0 Å². The molecule has 2 heteroatoms. The number of hydrogen-bond acceptors (Lipinski definition) is 0. The van der Waals surface area contributed by atoms with E-state index in [2.05, 4.69) is 0 Å². The van der Waals surface area contributed by atoms with Crippen molar-refractivity contribution in [2.24, 2.45) is 0 Å². The Balaban J connectivity index is 0. The average Bonchev–Trinajstić information content (AvgIpc) is 2.18. The zero-order valence-electron chi connectivity index (χ0n) is 8.99. The second kappa shape index (κ2) is 9.88. The third kappa shape index (κ3) is 6.92. The molecule has 0 aliphatic carbocycles. The first kappa shape index (κ1) is 15.3. The van der Waals surface area contributed by atoms with Gasteiger partial charge in [-0.3, -0.25) is 0 Å². The van der Waals surface area contributed by atoms with Gasteiger partial charge in [-0.15, -0.1) is 0 Å². The van der Waals surface area contributed by atoms with E-state index in [1.165, 1.54) is 0 Å². The van der Waals surface area contributed by atoms with Crippen LogP contribution in [0.1, 0.15) is 33.3 Å². The Morgan fingerprint density at radius 2 is 1.38 bits per heavy atom. The molecular weight excluding hydrogens is 203 g/mol. The summed E-state index contributed by atoms with van der Waals surface area (Å²) in [5.74, 6) is 0. The van der Waals surface area contributed by atoms with Crippen molar-refractivity contribution in [2.75, 3.05) is 0 Å². The Morgan fingerprint density at radius 1 is 0.923 bits per heavy atom. The van der Waals surface area contributed by atoms with Crippen LogP contribution in [0.2, 0.25) is 10.0 Å². The van der Waals surface area contributed by atoms with Gasteiger partial charge in [-0.25, -0.2) is 0 Å². The molecule has 0 saturated carbocycles. The van der Waals surface area contributed by atoms with Crippen LogP contribution in [0.3, 0.4) is 0 Å². The van der Waals surface area contributed by atoms with Gasteiger partial charge >= 0.3 is 0 Å². The molecule has 0 N–H and O–H groups in total. The standard InChI is InChI=1S/C7H6Cl2.2C2H6/c1-5-2-3-6(8)4-7(5)9;2*1-2/h2-4H,1H3;2*1-2H3. The molecule has 0 aliphatic heterocycles. The SMILES string of the molecule is CC.CC.Cc1ccc(Cl)cc1Cl. The highest BCUT2D eigenvalue weighted by atomic mass is 35.5. The Labute approximate surface area is 91.9 Å². The van der Waals surface area contributed by atoms with E-state index in [0.717, 1.165) is 10.6 Å². The zero-order chi connectivity index (χ0) is 10.9. The maximum Gasteiger partial charge on any atom is 0.0449 e. The van der Waals surface area contributed by atoms with Gasteiger partial charge in [0.05, 0.1) is 0 Å². The van der Waals surface area contributed by atoms with Crippen molar-refractivity contribution in [3.63, 3.8) is 0 Å². The fourth-order valence-corrected chi connectivity index (χ4v) is 0.976. The lowest BCUT2D eigenvalue weighted by atomic mass is 10.2. The summed E-state index contributed by atoms with van der Waals surface area (Å²) in [5.41, 5.74) is 1.06. The number of rotatable bonds is 0. The predicted molar refractivity (Wildman–Crippen MR) is 63.9 cm³/mol. The molecule has 0 heterocycles. The summed E-state index contributed by atoms with van der Waals surface area (Å²) < 4.78 is 0. The number of aryl methyl sites for hydroxylation is 1. The van der Waals surface area contributed by atoms with E-state index in [0.29, 0.717) is 5.02 Å². The molecule has 0 unspecified atom stereocenters. The number of hydrogen-bond donors (Lipinski definition) is 0. The average molecular weight is 221 g/mol. The zero-order valence-corrected chi connectivity index (χ0v) is 10.5. The fourth-order valence-electron chi connectivity index (χ4n) is 0.567. The highest BCUT2D eigenvalue weighted by molar-refractivity contribution is 6.35. The minimum absolute atomic E-state index is 0.686. The van der Waals surface area contributed by atoms with E-state index in [1.807, 2.05) is 46.8 Å². The summed E-state index contributed by atoms with van der Waals surface area (Å²) in [7, 11) is 0. The van der Waals surface area contributed by atoms with Crippen molar-refractivity contribution in [3.8, 4) is 0 Å². The molecule has 13 heavy (non-hydrogen) atoms. The van der Waals surface area contributed by atoms with E-state index < -0.39 is 0 Å². The van der Waals surface area contributed by atoms with Gasteiger partial charge in [0.1, 0.15) is 0 Å². The lowest BCUT2D eigenvalue weighted by molar-refractivity contribution is 1.47. The van der Waals surface area contributed by atoms with Crippen molar-refractivity contribution in [2.45, 2.75) is 34.6 Å². The lowest BCUT2D eigenvalue weighted by Gasteiger charge is -1.94. The van der Waals surface area contributed by atoms with Gasteiger partial charge < -0.3 is 0 Å². The van der Waals surface area contributed by atoms with Crippen molar-refractivity contribution in [1.29, 1.82) is 0 Å². The monoisotopic (exact) mass is 220 g/mol. The molecule has 0 amide bonds. The Bertz CT molecular complexity index is 219. The second-order valence-corrected chi connectivity index (χ2v) is 2.74. The normalized spacial score (nSPS) is 7.62. The molecule has 1 aromatic carbocycles. The van der Waals surface area contributed by atoms with Crippen LogP contribution in [0.4, 0.5) is 0 Å². The number of halogens is 2. The van der Waals surface area contributed by atoms with Gasteiger partial charge in [0.25, 0.3) is 0 Å². The number of benzene rings is 1. The molecule has 0 fully saturated rings. The Morgan fingerprint density at radius 3 is 1.69 bits per heavy atom. The van der Waals surface area contributed by atoms with Crippen LogP contribution >= 0.6 is 23.2 Å².